The largest absolute Gasteiger partial charge is 0.364 e. The van der Waals surface area contributed by atoms with E-state index < -0.39 is 0 Å². The quantitative estimate of drug-likeness (QED) is 0.397. The van der Waals surface area contributed by atoms with Crippen molar-refractivity contribution in [2.75, 3.05) is 59.9 Å². The van der Waals surface area contributed by atoms with Crippen molar-refractivity contribution in [1.82, 2.24) is 25.2 Å². The molecule has 0 spiro atoms. The number of nitrogens with zero attached hydrogens (tertiary/aromatic N) is 5. The topological polar surface area (TPSA) is 60.1 Å². The minimum absolute atomic E-state index is 0. The van der Waals surface area contributed by atoms with Crippen molar-refractivity contribution in [2.45, 2.75) is 25.8 Å². The SMILES string of the molecule is CN=C(NCCC1CCN(C)CC1)N1CCN(Cc2ccon2)CC1.I. The van der Waals surface area contributed by atoms with Crippen LogP contribution >= 0.6 is 24.0 Å². The van der Waals surface area contributed by atoms with E-state index in [1.165, 1.54) is 32.4 Å². The van der Waals surface area contributed by atoms with Gasteiger partial charge in [-0.2, -0.15) is 0 Å². The predicted octanol–water partition coefficient (Wildman–Crippen LogP) is 1.72. The maximum absolute atomic E-state index is 4.91. The summed E-state index contributed by atoms with van der Waals surface area (Å²) in [6.07, 6.45) is 5.55. The Morgan fingerprint density at radius 2 is 1.96 bits per heavy atom. The molecule has 1 aromatic heterocycles. The van der Waals surface area contributed by atoms with Gasteiger partial charge in [-0.3, -0.25) is 9.89 Å². The number of hydrogen-bond acceptors (Lipinski definition) is 5. The summed E-state index contributed by atoms with van der Waals surface area (Å²) in [6.45, 7) is 8.45. The van der Waals surface area contributed by atoms with E-state index in [9.17, 15) is 0 Å². The third-order valence-electron chi connectivity index (χ3n) is 5.43. The first-order valence-corrected chi connectivity index (χ1v) is 9.50. The van der Waals surface area contributed by atoms with Crippen LogP contribution in [-0.4, -0.2) is 85.7 Å². The molecule has 2 aliphatic heterocycles. The molecule has 0 atom stereocenters. The Hall–Kier alpha value is -0.870. The predicted molar refractivity (Wildman–Crippen MR) is 115 cm³/mol. The average Bonchev–Trinajstić information content (AvgIpc) is 3.14. The number of guanidine groups is 1. The molecule has 0 aliphatic carbocycles. The Labute approximate surface area is 174 Å². The summed E-state index contributed by atoms with van der Waals surface area (Å²) in [5.74, 6) is 1.91. The molecule has 3 heterocycles. The Morgan fingerprint density at radius 1 is 1.23 bits per heavy atom. The Kier molecular flexibility index (Phi) is 9.13. The van der Waals surface area contributed by atoms with E-state index in [1.807, 2.05) is 13.1 Å². The fraction of sp³-hybridized carbons (Fsp3) is 0.778. The maximum atomic E-state index is 4.91. The van der Waals surface area contributed by atoms with Gasteiger partial charge >= 0.3 is 0 Å². The highest BCUT2D eigenvalue weighted by atomic mass is 127. The fourth-order valence-corrected chi connectivity index (χ4v) is 3.74. The van der Waals surface area contributed by atoms with Crippen molar-refractivity contribution >= 4 is 29.9 Å². The lowest BCUT2D eigenvalue weighted by Crippen LogP contribution is -2.52. The zero-order chi connectivity index (χ0) is 17.5. The number of piperidine rings is 1. The molecule has 0 amide bonds. The van der Waals surface area contributed by atoms with Gasteiger partial charge in [0.25, 0.3) is 0 Å². The second kappa shape index (κ2) is 11.1. The van der Waals surface area contributed by atoms with Gasteiger partial charge in [-0.05, 0) is 45.3 Å². The van der Waals surface area contributed by atoms with Crippen molar-refractivity contribution in [3.05, 3.63) is 18.0 Å². The summed E-state index contributed by atoms with van der Waals surface area (Å²) in [5.41, 5.74) is 1.01. The Bertz CT molecular complexity index is 522. The molecular weight excluding hydrogens is 443 g/mol. The fourth-order valence-electron chi connectivity index (χ4n) is 3.74. The zero-order valence-corrected chi connectivity index (χ0v) is 18.4. The molecule has 8 heteroatoms. The van der Waals surface area contributed by atoms with Gasteiger partial charge in [0.05, 0.1) is 5.69 Å². The van der Waals surface area contributed by atoms with Crippen molar-refractivity contribution in [3.8, 4) is 0 Å². The summed E-state index contributed by atoms with van der Waals surface area (Å²) < 4.78 is 4.91. The number of piperazine rings is 1. The lowest BCUT2D eigenvalue weighted by Gasteiger charge is -2.36. The van der Waals surface area contributed by atoms with Gasteiger partial charge in [0.1, 0.15) is 6.26 Å². The molecule has 0 unspecified atom stereocenters. The molecule has 0 radical (unpaired) electrons. The molecule has 148 valence electrons. The number of aromatic nitrogens is 1. The smallest absolute Gasteiger partial charge is 0.193 e. The van der Waals surface area contributed by atoms with Gasteiger partial charge in [0, 0.05) is 52.4 Å². The van der Waals surface area contributed by atoms with E-state index in [2.05, 4.69) is 37.2 Å². The number of halogens is 1. The van der Waals surface area contributed by atoms with Crippen LogP contribution in [0.15, 0.2) is 21.8 Å². The molecule has 26 heavy (non-hydrogen) atoms. The van der Waals surface area contributed by atoms with Crippen molar-refractivity contribution < 1.29 is 4.52 Å². The second-order valence-electron chi connectivity index (χ2n) is 7.26. The van der Waals surface area contributed by atoms with E-state index in [4.69, 9.17) is 4.52 Å². The minimum atomic E-state index is 0. The number of nitrogens with one attached hydrogen (secondary N) is 1. The van der Waals surface area contributed by atoms with Gasteiger partial charge in [0.15, 0.2) is 5.96 Å². The highest BCUT2D eigenvalue weighted by Gasteiger charge is 2.21. The summed E-state index contributed by atoms with van der Waals surface area (Å²) in [7, 11) is 4.11. The Balaban J connectivity index is 0.00000243. The Morgan fingerprint density at radius 3 is 2.58 bits per heavy atom. The number of hydrogen-bond donors (Lipinski definition) is 1. The third-order valence-corrected chi connectivity index (χ3v) is 5.43. The number of aliphatic imine (C=N–C) groups is 1. The molecule has 2 aliphatic rings. The highest BCUT2D eigenvalue weighted by molar-refractivity contribution is 14.0. The molecule has 1 aromatic rings. The molecule has 1 N–H and O–H groups in total. The van der Waals surface area contributed by atoms with E-state index in [1.54, 1.807) is 6.26 Å². The van der Waals surface area contributed by atoms with Crippen LogP contribution in [0.2, 0.25) is 0 Å². The minimum Gasteiger partial charge on any atom is -0.364 e. The summed E-state index contributed by atoms with van der Waals surface area (Å²) in [6, 6.07) is 1.94. The van der Waals surface area contributed by atoms with Crippen LogP contribution in [0.3, 0.4) is 0 Å². The van der Waals surface area contributed by atoms with Crippen LogP contribution in [0.5, 0.6) is 0 Å². The first kappa shape index (κ1) is 21.4. The van der Waals surface area contributed by atoms with Crippen LogP contribution in [-0.2, 0) is 6.54 Å². The van der Waals surface area contributed by atoms with Gasteiger partial charge in [-0.1, -0.05) is 5.16 Å². The molecule has 7 nitrogen and oxygen atoms in total. The van der Waals surface area contributed by atoms with Crippen molar-refractivity contribution in [3.63, 3.8) is 0 Å². The lowest BCUT2D eigenvalue weighted by molar-refractivity contribution is 0.168. The zero-order valence-electron chi connectivity index (χ0n) is 16.1. The molecule has 3 rings (SSSR count). The summed E-state index contributed by atoms with van der Waals surface area (Å²) in [5, 5.41) is 7.58. The highest BCUT2D eigenvalue weighted by Crippen LogP contribution is 2.18. The van der Waals surface area contributed by atoms with Crippen LogP contribution in [0.25, 0.3) is 0 Å². The van der Waals surface area contributed by atoms with E-state index in [0.29, 0.717) is 0 Å². The molecule has 0 bridgehead atoms. The standard InChI is InChI=1S/C18H32N6O.HI/c1-19-18(20-7-3-16-4-8-22(2)9-5-16)24-12-10-23(11-13-24)15-17-6-14-25-21-17;/h6,14,16H,3-5,7-13,15H2,1-2H3,(H,19,20);1H. The number of rotatable bonds is 5. The van der Waals surface area contributed by atoms with Gasteiger partial charge in [-0.15, -0.1) is 24.0 Å². The third kappa shape index (κ3) is 6.38. The van der Waals surface area contributed by atoms with Crippen LogP contribution < -0.4 is 5.32 Å². The average molecular weight is 476 g/mol. The van der Waals surface area contributed by atoms with Gasteiger partial charge in [0.2, 0.25) is 0 Å². The van der Waals surface area contributed by atoms with Crippen LogP contribution in [0, 0.1) is 5.92 Å². The van der Waals surface area contributed by atoms with Crippen LogP contribution in [0.1, 0.15) is 25.0 Å². The summed E-state index contributed by atoms with van der Waals surface area (Å²) >= 11 is 0. The van der Waals surface area contributed by atoms with Crippen molar-refractivity contribution in [2.24, 2.45) is 10.9 Å². The monoisotopic (exact) mass is 476 g/mol. The maximum Gasteiger partial charge on any atom is 0.193 e. The van der Waals surface area contributed by atoms with Crippen LogP contribution in [0.4, 0.5) is 0 Å². The molecule has 0 saturated carbocycles. The lowest BCUT2D eigenvalue weighted by atomic mass is 9.94. The molecule has 2 saturated heterocycles. The van der Waals surface area contributed by atoms with Gasteiger partial charge in [-0.25, -0.2) is 0 Å². The van der Waals surface area contributed by atoms with E-state index >= 15 is 0 Å². The van der Waals surface area contributed by atoms with E-state index in [0.717, 1.165) is 56.8 Å². The molecule has 0 aromatic carbocycles. The summed E-state index contributed by atoms with van der Waals surface area (Å²) in [4.78, 5) is 11.7. The first-order valence-electron chi connectivity index (χ1n) is 9.50. The van der Waals surface area contributed by atoms with Gasteiger partial charge < -0.3 is 19.6 Å². The number of likely N-dealkylation sites (tertiary alicyclic amines) is 1. The van der Waals surface area contributed by atoms with E-state index in [-0.39, 0.29) is 24.0 Å². The normalized spacial score (nSPS) is 20.8. The second-order valence-corrected chi connectivity index (χ2v) is 7.26. The molecular formula is C18H33IN6O. The molecule has 2 fully saturated rings. The first-order chi connectivity index (χ1) is 12.2. The van der Waals surface area contributed by atoms with Crippen molar-refractivity contribution in [1.29, 1.82) is 0 Å².